The maximum atomic E-state index is 11.2. The Balaban J connectivity index is 0.000000467. The van der Waals surface area contributed by atoms with Gasteiger partial charge in [0.15, 0.2) is 6.10 Å². The fourth-order valence-corrected chi connectivity index (χ4v) is 3.75. The number of carboxylic acid groups (broad SMARTS) is 1. The molecule has 4 rings (SSSR count). The number of ether oxygens (including phenoxy) is 3. The van der Waals surface area contributed by atoms with E-state index in [-0.39, 0.29) is 6.61 Å². The summed E-state index contributed by atoms with van der Waals surface area (Å²) in [6.45, 7) is 14.9. The van der Waals surface area contributed by atoms with E-state index >= 15 is 0 Å². The van der Waals surface area contributed by atoms with Crippen molar-refractivity contribution in [3.8, 4) is 17.2 Å². The third-order valence-corrected chi connectivity index (χ3v) is 6.21. The number of aliphatic carboxylic acids is 1. The predicted octanol–water partition coefficient (Wildman–Crippen LogP) is 8.76. The van der Waals surface area contributed by atoms with Crippen LogP contribution in [0, 0.1) is 0 Å². The highest BCUT2D eigenvalue weighted by Gasteiger charge is 2.17. The van der Waals surface area contributed by atoms with Gasteiger partial charge >= 0.3 is 5.97 Å². The van der Waals surface area contributed by atoms with E-state index < -0.39 is 12.1 Å². The van der Waals surface area contributed by atoms with Crippen molar-refractivity contribution < 1.29 is 24.1 Å². The van der Waals surface area contributed by atoms with E-state index in [0.717, 1.165) is 27.7 Å². The zero-order valence-corrected chi connectivity index (χ0v) is 24.5. The lowest BCUT2D eigenvalue weighted by Gasteiger charge is -2.16. The molecular weight excluding hydrogens is 550 g/mol. The summed E-state index contributed by atoms with van der Waals surface area (Å²) < 4.78 is 17.3. The minimum atomic E-state index is -1.08. The number of fused-ring (bicyclic) bond motifs is 1. The molecule has 1 atom stereocenters. The number of benzene rings is 3. The van der Waals surface area contributed by atoms with E-state index in [4.69, 9.17) is 30.9 Å². The van der Waals surface area contributed by atoms with Crippen LogP contribution in [0.4, 0.5) is 0 Å². The lowest BCUT2D eigenvalue weighted by Crippen LogP contribution is -2.23. The zero-order valence-electron chi connectivity index (χ0n) is 23.8. The number of carbonyl (C=O) groups is 1. The number of carboxylic acids is 1. The summed E-state index contributed by atoms with van der Waals surface area (Å²) in [5.74, 6) is 0.456. The molecule has 1 unspecified atom stereocenters. The maximum absolute atomic E-state index is 11.2. The van der Waals surface area contributed by atoms with Crippen molar-refractivity contribution in [3.05, 3.63) is 144 Å². The van der Waals surface area contributed by atoms with Gasteiger partial charge in [0.1, 0.15) is 30.5 Å². The second-order valence-electron chi connectivity index (χ2n) is 9.27. The van der Waals surface area contributed by atoms with Gasteiger partial charge in [0.25, 0.3) is 0 Å². The predicted molar refractivity (Wildman–Crippen MR) is 169 cm³/mol. The van der Waals surface area contributed by atoms with Crippen LogP contribution in [-0.2, 0) is 18.0 Å². The molecule has 0 fully saturated rings. The quantitative estimate of drug-likeness (QED) is 0.168. The standard InChI is InChI=1S/C26H22ClNO5.C9H12/c1-17(26(29)30)33-25-19(7-4-10-23(25)27)15-31-21-8-5-9-22(14-21)32-16-20-13-12-18-6-2-3-11-24(18)28-20;1-5-6-7-9(4)8(2)3/h2-14,17H,15-16H2,1H3,(H,29,30);5-7H,1-2,4H2,3H3/b;7-6-. The molecule has 1 N–H and O–H groups in total. The molecular formula is C35H34ClNO5. The second-order valence-corrected chi connectivity index (χ2v) is 9.68. The minimum absolute atomic E-state index is 0.151. The smallest absolute Gasteiger partial charge is 0.344 e. The Morgan fingerprint density at radius 3 is 2.36 bits per heavy atom. The van der Waals surface area contributed by atoms with E-state index in [1.807, 2.05) is 73.7 Å². The van der Waals surface area contributed by atoms with Gasteiger partial charge in [0.2, 0.25) is 0 Å². The van der Waals surface area contributed by atoms with Gasteiger partial charge in [-0.2, -0.15) is 0 Å². The number of hydrogen-bond acceptors (Lipinski definition) is 5. The Morgan fingerprint density at radius 2 is 1.67 bits per heavy atom. The van der Waals surface area contributed by atoms with E-state index in [9.17, 15) is 4.79 Å². The molecule has 4 aromatic rings. The van der Waals surface area contributed by atoms with Crippen LogP contribution < -0.4 is 14.2 Å². The first-order chi connectivity index (χ1) is 20.2. The molecule has 0 aliphatic carbocycles. The number of halogens is 1. The Morgan fingerprint density at radius 1 is 0.976 bits per heavy atom. The van der Waals surface area contributed by atoms with E-state index in [2.05, 4.69) is 24.7 Å². The third kappa shape index (κ3) is 9.68. The molecule has 3 aromatic carbocycles. The molecule has 1 heterocycles. The number of hydrogen-bond donors (Lipinski definition) is 1. The van der Waals surface area contributed by atoms with Crippen LogP contribution in [-0.4, -0.2) is 22.2 Å². The van der Waals surface area contributed by atoms with Crippen LogP contribution in [0.5, 0.6) is 17.2 Å². The molecule has 0 aliphatic rings. The molecule has 0 radical (unpaired) electrons. The first-order valence-corrected chi connectivity index (χ1v) is 13.6. The molecule has 0 spiro atoms. The molecule has 1 aromatic heterocycles. The summed E-state index contributed by atoms with van der Waals surface area (Å²) in [6, 6.07) is 24.4. The zero-order chi connectivity index (χ0) is 30.5. The van der Waals surface area contributed by atoms with E-state index in [1.165, 1.54) is 6.92 Å². The van der Waals surface area contributed by atoms with Gasteiger partial charge in [0.05, 0.1) is 16.2 Å². The average molecular weight is 584 g/mol. The number of nitrogens with zero attached hydrogens (tertiary/aromatic N) is 1. The first-order valence-electron chi connectivity index (χ1n) is 13.2. The van der Waals surface area contributed by atoms with Gasteiger partial charge < -0.3 is 19.3 Å². The van der Waals surface area contributed by atoms with Crippen molar-refractivity contribution in [2.24, 2.45) is 0 Å². The summed E-state index contributed by atoms with van der Waals surface area (Å²) in [6.07, 6.45) is 4.41. The van der Waals surface area contributed by atoms with Crippen molar-refractivity contribution in [2.75, 3.05) is 0 Å². The van der Waals surface area contributed by atoms with Crippen LogP contribution in [0.15, 0.2) is 128 Å². The molecule has 0 bridgehead atoms. The van der Waals surface area contributed by atoms with Crippen LogP contribution in [0.2, 0.25) is 5.02 Å². The first kappa shape index (κ1) is 31.7. The summed E-state index contributed by atoms with van der Waals surface area (Å²) in [4.78, 5) is 15.8. The molecule has 0 saturated heterocycles. The normalized spacial score (nSPS) is 11.2. The van der Waals surface area contributed by atoms with Crippen molar-refractivity contribution in [1.82, 2.24) is 4.98 Å². The van der Waals surface area contributed by atoms with E-state index in [0.29, 0.717) is 34.4 Å². The SMILES string of the molecule is C=C/C=C\C(=C)C(=C)C.CC(Oc1c(Cl)cccc1COc1cccc(OCc2ccc3ccccc3n2)c1)C(=O)O. The summed E-state index contributed by atoms with van der Waals surface area (Å²) in [5, 5.41) is 10.5. The molecule has 0 aliphatic heterocycles. The number of para-hydroxylation sites is 2. The summed E-state index contributed by atoms with van der Waals surface area (Å²) in [7, 11) is 0. The fourth-order valence-electron chi connectivity index (χ4n) is 3.51. The van der Waals surface area contributed by atoms with Crippen molar-refractivity contribution >= 4 is 28.5 Å². The molecule has 216 valence electrons. The van der Waals surface area contributed by atoms with Gasteiger partial charge in [-0.3, -0.25) is 0 Å². The Bertz CT molecular complexity index is 1590. The second kappa shape index (κ2) is 15.8. The van der Waals surface area contributed by atoms with Crippen LogP contribution in [0.25, 0.3) is 10.9 Å². The van der Waals surface area contributed by atoms with Gasteiger partial charge in [0, 0.05) is 17.0 Å². The Labute approximate surface area is 251 Å². The van der Waals surface area contributed by atoms with Crippen molar-refractivity contribution in [3.63, 3.8) is 0 Å². The van der Waals surface area contributed by atoms with Crippen molar-refractivity contribution in [1.29, 1.82) is 0 Å². The van der Waals surface area contributed by atoms with Crippen LogP contribution in [0.3, 0.4) is 0 Å². The highest BCUT2D eigenvalue weighted by atomic mass is 35.5. The molecule has 6 nitrogen and oxygen atoms in total. The topological polar surface area (TPSA) is 77.9 Å². The Hall–Kier alpha value is -4.81. The largest absolute Gasteiger partial charge is 0.489 e. The van der Waals surface area contributed by atoms with Gasteiger partial charge in [-0.15, -0.1) is 0 Å². The Kier molecular flexibility index (Phi) is 12.0. The summed E-state index contributed by atoms with van der Waals surface area (Å²) >= 11 is 6.22. The monoisotopic (exact) mass is 583 g/mol. The molecule has 0 amide bonds. The lowest BCUT2D eigenvalue weighted by atomic mass is 10.1. The van der Waals surface area contributed by atoms with Gasteiger partial charge in [-0.05, 0) is 49.8 Å². The molecule has 0 saturated carbocycles. The lowest BCUT2D eigenvalue weighted by molar-refractivity contribution is -0.144. The van der Waals surface area contributed by atoms with Crippen LogP contribution >= 0.6 is 11.6 Å². The average Bonchev–Trinajstić information content (AvgIpc) is 2.99. The number of allylic oxidation sites excluding steroid dienone is 5. The molecule has 7 heteroatoms. The summed E-state index contributed by atoms with van der Waals surface area (Å²) in [5.41, 5.74) is 4.34. The van der Waals surface area contributed by atoms with Gasteiger partial charge in [-0.1, -0.05) is 97.6 Å². The third-order valence-electron chi connectivity index (χ3n) is 5.92. The minimum Gasteiger partial charge on any atom is -0.489 e. The van der Waals surface area contributed by atoms with Crippen molar-refractivity contribution in [2.45, 2.75) is 33.2 Å². The maximum Gasteiger partial charge on any atom is 0.344 e. The highest BCUT2D eigenvalue weighted by molar-refractivity contribution is 6.32. The van der Waals surface area contributed by atoms with Crippen LogP contribution in [0.1, 0.15) is 25.1 Å². The number of aromatic nitrogens is 1. The number of rotatable bonds is 12. The fraction of sp³-hybridized carbons (Fsp3) is 0.143. The molecule has 42 heavy (non-hydrogen) atoms. The number of pyridine rings is 1. The van der Waals surface area contributed by atoms with Gasteiger partial charge in [-0.25, -0.2) is 9.78 Å². The highest BCUT2D eigenvalue weighted by Crippen LogP contribution is 2.31. The van der Waals surface area contributed by atoms with E-state index in [1.54, 1.807) is 30.3 Å².